The normalized spacial score (nSPS) is 10.8. The molecule has 0 aliphatic carbocycles. The first-order valence-corrected chi connectivity index (χ1v) is 10.0. The summed E-state index contributed by atoms with van der Waals surface area (Å²) in [5.74, 6) is 0.0644. The van der Waals surface area contributed by atoms with E-state index in [1.54, 1.807) is 13.1 Å². The monoisotopic (exact) mass is 401 g/mol. The average molecular weight is 402 g/mol. The maximum absolute atomic E-state index is 12.8. The molecule has 2 rings (SSSR count). The summed E-state index contributed by atoms with van der Waals surface area (Å²) in [5.41, 5.74) is 3.41. The van der Waals surface area contributed by atoms with Gasteiger partial charge in [0.1, 0.15) is 18.1 Å². The second kappa shape index (κ2) is 10.8. The van der Waals surface area contributed by atoms with Crippen molar-refractivity contribution in [1.82, 2.24) is 14.7 Å². The molecule has 0 unspecified atom stereocenters. The molecule has 1 aromatic carbocycles. The van der Waals surface area contributed by atoms with Gasteiger partial charge in [-0.1, -0.05) is 19.1 Å². The lowest BCUT2D eigenvalue weighted by Gasteiger charge is -2.20. The van der Waals surface area contributed by atoms with Gasteiger partial charge in [0.05, 0.1) is 18.8 Å². The van der Waals surface area contributed by atoms with Crippen molar-refractivity contribution in [3.8, 4) is 5.75 Å². The van der Waals surface area contributed by atoms with Crippen LogP contribution in [0.1, 0.15) is 48.1 Å². The minimum absolute atomic E-state index is 0.173. The van der Waals surface area contributed by atoms with Crippen molar-refractivity contribution >= 4 is 11.8 Å². The lowest BCUT2D eigenvalue weighted by Crippen LogP contribution is -2.39. The Hall–Kier alpha value is -2.67. The first-order valence-electron chi connectivity index (χ1n) is 10.0. The lowest BCUT2D eigenvalue weighted by atomic mass is 10.1. The Morgan fingerprint density at radius 1 is 1.17 bits per heavy atom. The number of amides is 2. The van der Waals surface area contributed by atoms with E-state index in [0.29, 0.717) is 18.9 Å². The zero-order valence-electron chi connectivity index (χ0n) is 18.0. The van der Waals surface area contributed by atoms with Crippen LogP contribution in [-0.4, -0.2) is 52.9 Å². The summed E-state index contributed by atoms with van der Waals surface area (Å²) in [4.78, 5) is 26.0. The highest BCUT2D eigenvalue weighted by molar-refractivity contribution is 6.03. The number of imide groups is 1. The van der Waals surface area contributed by atoms with Crippen molar-refractivity contribution in [3.63, 3.8) is 0 Å². The molecule has 0 atom stereocenters. The van der Waals surface area contributed by atoms with Gasteiger partial charge < -0.3 is 9.47 Å². The van der Waals surface area contributed by atoms with E-state index in [1.165, 1.54) is 22.1 Å². The second-order valence-corrected chi connectivity index (χ2v) is 6.87. The van der Waals surface area contributed by atoms with Crippen molar-refractivity contribution in [3.05, 3.63) is 46.8 Å². The number of carbonyl (C=O) groups is 2. The van der Waals surface area contributed by atoms with Crippen molar-refractivity contribution < 1.29 is 19.1 Å². The molecule has 158 valence electrons. The second-order valence-electron chi connectivity index (χ2n) is 6.87. The zero-order chi connectivity index (χ0) is 21.4. The van der Waals surface area contributed by atoms with Gasteiger partial charge in [-0.05, 0) is 49.9 Å². The summed E-state index contributed by atoms with van der Waals surface area (Å²) in [6.45, 7) is 9.12. The largest absolute Gasteiger partial charge is 0.491 e. The van der Waals surface area contributed by atoms with E-state index in [1.807, 2.05) is 32.9 Å². The van der Waals surface area contributed by atoms with E-state index in [0.717, 1.165) is 29.8 Å². The molecule has 0 N–H and O–H groups in total. The molecule has 2 amide bonds. The van der Waals surface area contributed by atoms with Crippen LogP contribution in [0.25, 0.3) is 0 Å². The molecule has 0 aliphatic heterocycles. The third-order valence-electron chi connectivity index (χ3n) is 4.69. The third-order valence-corrected chi connectivity index (χ3v) is 4.69. The molecule has 0 bridgehead atoms. The molecule has 0 spiro atoms. The molecule has 7 heteroatoms. The van der Waals surface area contributed by atoms with Gasteiger partial charge >= 0.3 is 0 Å². The number of rotatable bonds is 10. The molecular weight excluding hydrogens is 370 g/mol. The highest BCUT2D eigenvalue weighted by Gasteiger charge is 2.23. The van der Waals surface area contributed by atoms with E-state index in [4.69, 9.17) is 9.47 Å². The minimum Gasteiger partial charge on any atom is -0.491 e. The van der Waals surface area contributed by atoms with Crippen LogP contribution in [-0.2, 0) is 29.4 Å². The minimum atomic E-state index is -0.362. The van der Waals surface area contributed by atoms with E-state index in [2.05, 4.69) is 11.2 Å². The van der Waals surface area contributed by atoms with Crippen molar-refractivity contribution in [2.24, 2.45) is 7.05 Å². The van der Waals surface area contributed by atoms with E-state index < -0.39 is 0 Å². The molecule has 0 aliphatic rings. The van der Waals surface area contributed by atoms with Gasteiger partial charge in [-0.15, -0.1) is 0 Å². The smallest absolute Gasteiger partial charge is 0.278 e. The fourth-order valence-electron chi connectivity index (χ4n) is 3.05. The molecule has 7 nitrogen and oxygen atoms in total. The molecular formula is C22H31N3O4. The summed E-state index contributed by atoms with van der Waals surface area (Å²) in [5, 5.41) is 4.28. The van der Waals surface area contributed by atoms with Crippen LogP contribution in [0.4, 0.5) is 0 Å². The number of benzene rings is 1. The SMILES string of the molecule is CCOCCc1ccc(OCCN(C(C)=O)C(=O)c2cc(CC)nn2C)c(C)c1. The first-order chi connectivity index (χ1) is 13.9. The number of hydrogen-bond acceptors (Lipinski definition) is 5. The Morgan fingerprint density at radius 2 is 1.93 bits per heavy atom. The maximum Gasteiger partial charge on any atom is 0.278 e. The van der Waals surface area contributed by atoms with Crippen molar-refractivity contribution in [2.45, 2.75) is 40.5 Å². The Labute approximate surface area is 172 Å². The number of ether oxygens (including phenoxy) is 2. The van der Waals surface area contributed by atoms with Crippen LogP contribution >= 0.6 is 0 Å². The van der Waals surface area contributed by atoms with Gasteiger partial charge in [0, 0.05) is 20.6 Å². The Morgan fingerprint density at radius 3 is 2.52 bits per heavy atom. The number of carbonyl (C=O) groups excluding carboxylic acids is 2. The molecule has 29 heavy (non-hydrogen) atoms. The number of hydrogen-bond donors (Lipinski definition) is 0. The summed E-state index contributed by atoms with van der Waals surface area (Å²) >= 11 is 0. The van der Waals surface area contributed by atoms with Gasteiger partial charge in [0.25, 0.3) is 5.91 Å². The maximum atomic E-state index is 12.8. The van der Waals surface area contributed by atoms with E-state index in [-0.39, 0.29) is 25.0 Å². The Balaban J connectivity index is 1.98. The number of nitrogens with zero attached hydrogens (tertiary/aromatic N) is 3. The molecule has 0 saturated heterocycles. The summed E-state index contributed by atoms with van der Waals surface area (Å²) < 4.78 is 12.7. The molecule has 0 radical (unpaired) electrons. The number of aromatic nitrogens is 2. The Kier molecular flexibility index (Phi) is 8.39. The van der Waals surface area contributed by atoms with Gasteiger partial charge in [-0.3, -0.25) is 19.2 Å². The average Bonchev–Trinajstić information content (AvgIpc) is 3.07. The van der Waals surface area contributed by atoms with Crippen LogP contribution in [0, 0.1) is 6.92 Å². The van der Waals surface area contributed by atoms with Crippen LogP contribution < -0.4 is 4.74 Å². The quantitative estimate of drug-likeness (QED) is 0.572. The predicted octanol–water partition coefficient (Wildman–Crippen LogP) is 2.94. The van der Waals surface area contributed by atoms with Gasteiger partial charge in [0.2, 0.25) is 5.91 Å². The van der Waals surface area contributed by atoms with E-state index in [9.17, 15) is 9.59 Å². The standard InChI is InChI=1S/C22H31N3O4/c1-6-19-15-20(24(5)23-19)22(27)25(17(4)26)11-13-29-21-9-8-18(14-16(21)3)10-12-28-7-2/h8-9,14-15H,6-7,10-13H2,1-5H3. The zero-order valence-corrected chi connectivity index (χ0v) is 18.0. The first kappa shape index (κ1) is 22.6. The highest BCUT2D eigenvalue weighted by Crippen LogP contribution is 2.20. The molecule has 0 saturated carbocycles. The molecule has 1 heterocycles. The fourth-order valence-corrected chi connectivity index (χ4v) is 3.05. The molecule has 2 aromatic rings. The van der Waals surface area contributed by atoms with Crippen LogP contribution in [0.2, 0.25) is 0 Å². The number of aryl methyl sites for hydroxylation is 3. The van der Waals surface area contributed by atoms with Gasteiger partial charge in [0.15, 0.2) is 0 Å². The molecule has 0 fully saturated rings. The van der Waals surface area contributed by atoms with E-state index >= 15 is 0 Å². The predicted molar refractivity (Wildman–Crippen MR) is 111 cm³/mol. The van der Waals surface area contributed by atoms with Gasteiger partial charge in [-0.25, -0.2) is 0 Å². The topological polar surface area (TPSA) is 73.7 Å². The summed E-state index contributed by atoms with van der Waals surface area (Å²) in [6, 6.07) is 7.73. The van der Waals surface area contributed by atoms with Crippen LogP contribution in [0.15, 0.2) is 24.3 Å². The highest BCUT2D eigenvalue weighted by atomic mass is 16.5. The van der Waals surface area contributed by atoms with Crippen molar-refractivity contribution in [1.29, 1.82) is 0 Å². The fraction of sp³-hybridized carbons (Fsp3) is 0.500. The summed E-state index contributed by atoms with van der Waals surface area (Å²) in [7, 11) is 1.71. The van der Waals surface area contributed by atoms with Crippen molar-refractivity contribution in [2.75, 3.05) is 26.4 Å². The Bertz CT molecular complexity index is 845. The summed E-state index contributed by atoms with van der Waals surface area (Å²) in [6.07, 6.45) is 1.58. The van der Waals surface area contributed by atoms with Crippen LogP contribution in [0.3, 0.4) is 0 Å². The molecule has 1 aromatic heterocycles. The van der Waals surface area contributed by atoms with Gasteiger partial charge in [-0.2, -0.15) is 5.10 Å². The lowest BCUT2D eigenvalue weighted by molar-refractivity contribution is -0.126. The van der Waals surface area contributed by atoms with Crippen LogP contribution in [0.5, 0.6) is 5.75 Å². The third kappa shape index (κ3) is 6.15.